The first-order chi connectivity index (χ1) is 5.81. The molecule has 0 aromatic heterocycles. The zero-order chi connectivity index (χ0) is 10.5. The van der Waals surface area contributed by atoms with Crippen molar-refractivity contribution in [3.05, 3.63) is 0 Å². The molecule has 0 atom stereocenters. The summed E-state index contributed by atoms with van der Waals surface area (Å²) in [5.74, 6) is -1.14. The van der Waals surface area contributed by atoms with Crippen molar-refractivity contribution in [1.82, 2.24) is 10.8 Å². The minimum atomic E-state index is -1.14. The molecule has 0 aliphatic carbocycles. The Morgan fingerprint density at radius 3 is 2.31 bits per heavy atom. The molecule has 13 heavy (non-hydrogen) atoms. The second-order valence-electron chi connectivity index (χ2n) is 3.49. The van der Waals surface area contributed by atoms with Crippen LogP contribution in [0, 0.1) is 0 Å². The van der Waals surface area contributed by atoms with Gasteiger partial charge in [0.1, 0.15) is 0 Å². The summed E-state index contributed by atoms with van der Waals surface area (Å²) in [6.07, 6.45) is 0. The molecule has 0 aromatic rings. The van der Waals surface area contributed by atoms with E-state index >= 15 is 0 Å². The Morgan fingerprint density at radius 1 is 1.38 bits per heavy atom. The van der Waals surface area contributed by atoms with Gasteiger partial charge in [-0.05, 0) is 20.8 Å². The van der Waals surface area contributed by atoms with Crippen molar-refractivity contribution in [2.75, 3.05) is 6.61 Å². The number of hydrogen-bond donors (Lipinski definition) is 3. The molecule has 6 heteroatoms. The maximum absolute atomic E-state index is 10.9. The number of carbonyl (C=O) groups excluding carboxylic acids is 1. The zero-order valence-corrected chi connectivity index (χ0v) is 7.88. The molecule has 2 amide bonds. The molecule has 76 valence electrons. The van der Waals surface area contributed by atoms with E-state index in [1.54, 1.807) is 20.8 Å². The summed E-state index contributed by atoms with van der Waals surface area (Å²) in [6.45, 7) is 4.83. The zero-order valence-electron chi connectivity index (χ0n) is 7.88. The lowest BCUT2D eigenvalue weighted by molar-refractivity contribution is -0.144. The average molecular weight is 190 g/mol. The van der Waals surface area contributed by atoms with Gasteiger partial charge in [-0.2, -0.15) is 0 Å². The summed E-state index contributed by atoms with van der Waals surface area (Å²) in [5.41, 5.74) is 1.56. The van der Waals surface area contributed by atoms with E-state index in [1.165, 1.54) is 0 Å². The third-order valence-electron chi connectivity index (χ3n) is 0.849. The second kappa shape index (κ2) is 4.66. The summed E-state index contributed by atoms with van der Waals surface area (Å²) in [7, 11) is 0. The van der Waals surface area contributed by atoms with Gasteiger partial charge in [0.05, 0.1) is 0 Å². The van der Waals surface area contributed by atoms with Crippen molar-refractivity contribution in [3.8, 4) is 0 Å². The Hall–Kier alpha value is -1.30. The number of rotatable bonds is 3. The fourth-order valence-electron chi connectivity index (χ4n) is 0.529. The molecule has 0 fully saturated rings. The summed E-state index contributed by atoms with van der Waals surface area (Å²) < 4.78 is 0. The van der Waals surface area contributed by atoms with Gasteiger partial charge in [0.2, 0.25) is 0 Å². The van der Waals surface area contributed by atoms with Crippen molar-refractivity contribution in [2.45, 2.75) is 26.3 Å². The third-order valence-corrected chi connectivity index (χ3v) is 0.849. The maximum atomic E-state index is 10.9. The molecule has 0 heterocycles. The van der Waals surface area contributed by atoms with Crippen LogP contribution in [-0.2, 0) is 9.63 Å². The van der Waals surface area contributed by atoms with Gasteiger partial charge in [-0.25, -0.2) is 15.1 Å². The highest BCUT2D eigenvalue weighted by Crippen LogP contribution is 1.96. The number of aliphatic carboxylic acids is 1. The van der Waals surface area contributed by atoms with E-state index in [0.29, 0.717) is 0 Å². The highest BCUT2D eigenvalue weighted by molar-refractivity contribution is 5.74. The topological polar surface area (TPSA) is 87.7 Å². The van der Waals surface area contributed by atoms with Crippen LogP contribution in [0.2, 0.25) is 0 Å². The van der Waals surface area contributed by atoms with Crippen LogP contribution in [0.5, 0.6) is 0 Å². The maximum Gasteiger partial charge on any atom is 0.339 e. The Labute approximate surface area is 76.2 Å². The monoisotopic (exact) mass is 190 g/mol. The van der Waals surface area contributed by atoms with Crippen LogP contribution < -0.4 is 10.8 Å². The molecule has 0 saturated carbocycles. The van der Waals surface area contributed by atoms with Crippen molar-refractivity contribution in [1.29, 1.82) is 0 Å². The molecule has 0 aromatic carbocycles. The largest absolute Gasteiger partial charge is 0.479 e. The van der Waals surface area contributed by atoms with E-state index in [2.05, 4.69) is 10.2 Å². The fraction of sp³-hybridized carbons (Fsp3) is 0.714. The number of carboxylic acids is 1. The van der Waals surface area contributed by atoms with Crippen LogP contribution in [0.25, 0.3) is 0 Å². The lowest BCUT2D eigenvalue weighted by atomic mass is 10.1. The Bertz CT molecular complexity index is 197. The van der Waals surface area contributed by atoms with Crippen LogP contribution in [-0.4, -0.2) is 29.3 Å². The Balaban J connectivity index is 3.59. The van der Waals surface area contributed by atoms with Gasteiger partial charge in [0, 0.05) is 5.54 Å². The highest BCUT2D eigenvalue weighted by atomic mass is 16.7. The molecular weight excluding hydrogens is 176 g/mol. The first-order valence-corrected chi connectivity index (χ1v) is 3.73. The molecule has 3 N–H and O–H groups in total. The smallest absolute Gasteiger partial charge is 0.339 e. The van der Waals surface area contributed by atoms with Crippen molar-refractivity contribution < 1.29 is 19.5 Å². The molecule has 0 bridgehead atoms. The van der Waals surface area contributed by atoms with Crippen LogP contribution in [0.4, 0.5) is 4.79 Å². The van der Waals surface area contributed by atoms with E-state index < -0.39 is 18.6 Å². The van der Waals surface area contributed by atoms with E-state index in [-0.39, 0.29) is 5.54 Å². The first kappa shape index (κ1) is 11.7. The SMILES string of the molecule is CC(C)(C)NC(=O)NOCC(=O)O. The quantitative estimate of drug-likeness (QED) is 0.551. The van der Waals surface area contributed by atoms with Gasteiger partial charge in [-0.3, -0.25) is 4.84 Å². The van der Waals surface area contributed by atoms with Gasteiger partial charge in [0.25, 0.3) is 0 Å². The number of hydroxylamine groups is 1. The van der Waals surface area contributed by atoms with Crippen LogP contribution in [0.1, 0.15) is 20.8 Å². The normalized spacial score (nSPS) is 10.7. The van der Waals surface area contributed by atoms with Gasteiger partial charge < -0.3 is 10.4 Å². The Kier molecular flexibility index (Phi) is 4.19. The molecule has 0 rings (SSSR count). The fourth-order valence-corrected chi connectivity index (χ4v) is 0.529. The third kappa shape index (κ3) is 8.61. The molecule has 0 radical (unpaired) electrons. The van der Waals surface area contributed by atoms with Crippen molar-refractivity contribution >= 4 is 12.0 Å². The summed E-state index contributed by atoms with van der Waals surface area (Å²) in [6, 6.07) is -0.561. The average Bonchev–Trinajstić information content (AvgIpc) is 1.81. The predicted molar refractivity (Wildman–Crippen MR) is 45.0 cm³/mol. The lowest BCUT2D eigenvalue weighted by Crippen LogP contribution is -2.46. The minimum Gasteiger partial charge on any atom is -0.479 e. The van der Waals surface area contributed by atoms with Crippen LogP contribution >= 0.6 is 0 Å². The minimum absolute atomic E-state index is 0.378. The van der Waals surface area contributed by atoms with E-state index in [9.17, 15) is 9.59 Å². The summed E-state index contributed by atoms with van der Waals surface area (Å²) in [5, 5.41) is 10.7. The lowest BCUT2D eigenvalue weighted by Gasteiger charge is -2.20. The first-order valence-electron chi connectivity index (χ1n) is 3.73. The van der Waals surface area contributed by atoms with E-state index in [0.717, 1.165) is 0 Å². The molecule has 0 spiro atoms. The van der Waals surface area contributed by atoms with Crippen LogP contribution in [0.15, 0.2) is 0 Å². The van der Waals surface area contributed by atoms with Crippen LogP contribution in [0.3, 0.4) is 0 Å². The van der Waals surface area contributed by atoms with E-state index in [4.69, 9.17) is 5.11 Å². The Morgan fingerprint density at radius 2 is 1.92 bits per heavy atom. The second-order valence-corrected chi connectivity index (χ2v) is 3.49. The number of nitrogens with one attached hydrogen (secondary N) is 2. The van der Waals surface area contributed by atoms with Gasteiger partial charge in [-0.15, -0.1) is 0 Å². The van der Waals surface area contributed by atoms with Gasteiger partial charge in [-0.1, -0.05) is 0 Å². The van der Waals surface area contributed by atoms with Gasteiger partial charge >= 0.3 is 12.0 Å². The van der Waals surface area contributed by atoms with Crippen molar-refractivity contribution in [2.24, 2.45) is 0 Å². The molecule has 6 nitrogen and oxygen atoms in total. The molecule has 0 unspecified atom stereocenters. The van der Waals surface area contributed by atoms with Gasteiger partial charge in [0.15, 0.2) is 6.61 Å². The van der Waals surface area contributed by atoms with E-state index in [1.807, 2.05) is 5.48 Å². The standard InChI is InChI=1S/C7H14N2O4/c1-7(2,3)8-6(12)9-13-4-5(10)11/h4H2,1-3H3,(H,10,11)(H2,8,9,12). The summed E-state index contributed by atoms with van der Waals surface area (Å²) in [4.78, 5) is 25.2. The predicted octanol–water partition coefficient (Wildman–Crippen LogP) is 0.100. The molecule has 0 aliphatic rings. The number of carbonyl (C=O) groups is 2. The number of amides is 2. The summed E-state index contributed by atoms with van der Waals surface area (Å²) >= 11 is 0. The molecular formula is C7H14N2O4. The van der Waals surface area contributed by atoms with Crippen molar-refractivity contribution in [3.63, 3.8) is 0 Å². The number of urea groups is 1. The number of carboxylic acid groups (broad SMARTS) is 1. The molecule has 0 saturated heterocycles. The molecule has 0 aliphatic heterocycles. The highest BCUT2D eigenvalue weighted by Gasteiger charge is 2.13. The number of hydrogen-bond acceptors (Lipinski definition) is 3.